The standard InChI is InChI=1S/C22H15F2N5O2S/c23-17-8-9-18(29-32(30,31)19-3-1-2-10-25-19)20(24)15(17)7-4-13-11-16-21(14-5-6-14)27-28-22(16)26-12-13/h1-3,8-12,14,29H,5-6H2,(H,26,27,28). The molecule has 10 heteroatoms. The maximum atomic E-state index is 14.9. The van der Waals surface area contributed by atoms with E-state index in [1.807, 2.05) is 0 Å². The van der Waals surface area contributed by atoms with Gasteiger partial charge in [0.1, 0.15) is 5.82 Å². The average molecular weight is 451 g/mol. The summed E-state index contributed by atoms with van der Waals surface area (Å²) in [5, 5.41) is 7.69. The van der Waals surface area contributed by atoms with Gasteiger partial charge in [0.2, 0.25) is 0 Å². The fourth-order valence-corrected chi connectivity index (χ4v) is 4.26. The first-order chi connectivity index (χ1) is 15.4. The number of benzene rings is 1. The molecule has 0 aliphatic heterocycles. The molecule has 3 heterocycles. The molecule has 1 saturated carbocycles. The van der Waals surface area contributed by atoms with Gasteiger partial charge in [-0.2, -0.15) is 13.5 Å². The number of aromatic nitrogens is 4. The Morgan fingerprint density at radius 1 is 1.09 bits per heavy atom. The number of nitrogens with one attached hydrogen (secondary N) is 2. The van der Waals surface area contributed by atoms with Crippen LogP contribution in [-0.2, 0) is 10.0 Å². The Kier molecular flexibility index (Phi) is 4.83. The van der Waals surface area contributed by atoms with Gasteiger partial charge in [0.25, 0.3) is 10.0 Å². The molecule has 0 spiro atoms. The summed E-state index contributed by atoms with van der Waals surface area (Å²) in [5.74, 6) is 3.56. The van der Waals surface area contributed by atoms with E-state index >= 15 is 0 Å². The zero-order valence-electron chi connectivity index (χ0n) is 16.4. The number of sulfonamides is 1. The lowest BCUT2D eigenvalue weighted by Gasteiger charge is -2.09. The van der Waals surface area contributed by atoms with Crippen LogP contribution in [0.3, 0.4) is 0 Å². The number of fused-ring (bicyclic) bond motifs is 1. The number of hydrogen-bond acceptors (Lipinski definition) is 5. The van der Waals surface area contributed by atoms with Crippen LogP contribution < -0.4 is 4.72 Å². The van der Waals surface area contributed by atoms with Crippen LogP contribution >= 0.6 is 0 Å². The van der Waals surface area contributed by atoms with E-state index in [0.717, 1.165) is 36.1 Å². The van der Waals surface area contributed by atoms with Gasteiger partial charge in [0.15, 0.2) is 16.5 Å². The van der Waals surface area contributed by atoms with Gasteiger partial charge in [-0.15, -0.1) is 0 Å². The highest BCUT2D eigenvalue weighted by molar-refractivity contribution is 7.92. The monoisotopic (exact) mass is 451 g/mol. The van der Waals surface area contributed by atoms with Crippen molar-refractivity contribution in [3.8, 4) is 11.8 Å². The third-order valence-corrected chi connectivity index (χ3v) is 6.29. The van der Waals surface area contributed by atoms with E-state index in [1.165, 1.54) is 24.5 Å². The summed E-state index contributed by atoms with van der Waals surface area (Å²) >= 11 is 0. The van der Waals surface area contributed by atoms with E-state index in [0.29, 0.717) is 17.1 Å². The minimum Gasteiger partial charge on any atom is -0.279 e. The summed E-state index contributed by atoms with van der Waals surface area (Å²) in [6.07, 6.45) is 4.91. The highest BCUT2D eigenvalue weighted by Gasteiger charge is 2.27. The van der Waals surface area contributed by atoms with Crippen molar-refractivity contribution in [1.82, 2.24) is 20.2 Å². The molecule has 0 amide bonds. The van der Waals surface area contributed by atoms with Gasteiger partial charge in [0.05, 0.1) is 11.3 Å². The van der Waals surface area contributed by atoms with E-state index in [1.54, 1.807) is 12.1 Å². The number of anilines is 1. The normalized spacial score (nSPS) is 13.6. The molecule has 0 bridgehead atoms. The first kappa shape index (κ1) is 20.1. The Labute approximate surface area is 182 Å². The van der Waals surface area contributed by atoms with E-state index in [2.05, 4.69) is 36.7 Å². The molecule has 1 aliphatic rings. The second kappa shape index (κ2) is 7.69. The third-order valence-electron chi connectivity index (χ3n) is 5.01. The fraction of sp³-hybridized carbons (Fsp3) is 0.136. The molecule has 5 rings (SSSR count). The summed E-state index contributed by atoms with van der Waals surface area (Å²) in [7, 11) is -4.15. The van der Waals surface area contributed by atoms with Crippen molar-refractivity contribution >= 4 is 26.7 Å². The summed E-state index contributed by atoms with van der Waals surface area (Å²) in [4.78, 5) is 7.98. The average Bonchev–Trinajstić information content (AvgIpc) is 3.55. The van der Waals surface area contributed by atoms with Gasteiger partial charge in [-0.25, -0.2) is 18.7 Å². The predicted octanol–water partition coefficient (Wildman–Crippen LogP) is 3.71. The van der Waals surface area contributed by atoms with Crippen molar-refractivity contribution in [2.75, 3.05) is 4.72 Å². The van der Waals surface area contributed by atoms with Crippen LogP contribution in [0.25, 0.3) is 11.0 Å². The van der Waals surface area contributed by atoms with Gasteiger partial charge in [-0.3, -0.25) is 9.82 Å². The van der Waals surface area contributed by atoms with Crippen LogP contribution in [0.5, 0.6) is 0 Å². The zero-order chi connectivity index (χ0) is 22.3. The molecule has 0 radical (unpaired) electrons. The molecule has 1 aromatic carbocycles. The molecule has 0 unspecified atom stereocenters. The summed E-state index contributed by atoms with van der Waals surface area (Å²) in [6.45, 7) is 0. The van der Waals surface area contributed by atoms with Gasteiger partial charge < -0.3 is 0 Å². The number of halogens is 2. The topological polar surface area (TPSA) is 101 Å². The molecule has 2 N–H and O–H groups in total. The number of pyridine rings is 2. The molecule has 7 nitrogen and oxygen atoms in total. The molecule has 1 fully saturated rings. The van der Waals surface area contributed by atoms with E-state index in [9.17, 15) is 17.2 Å². The van der Waals surface area contributed by atoms with Crippen molar-refractivity contribution in [1.29, 1.82) is 0 Å². The molecule has 160 valence electrons. The van der Waals surface area contributed by atoms with Gasteiger partial charge >= 0.3 is 0 Å². The van der Waals surface area contributed by atoms with Gasteiger partial charge in [-0.1, -0.05) is 17.9 Å². The van der Waals surface area contributed by atoms with Gasteiger partial charge in [-0.05, 0) is 43.2 Å². The number of rotatable bonds is 4. The van der Waals surface area contributed by atoms with Crippen molar-refractivity contribution in [2.45, 2.75) is 23.8 Å². The molecule has 1 aliphatic carbocycles. The highest BCUT2D eigenvalue weighted by Crippen LogP contribution is 2.41. The van der Waals surface area contributed by atoms with Crippen molar-refractivity contribution in [3.63, 3.8) is 0 Å². The number of nitrogens with zero attached hydrogens (tertiary/aromatic N) is 3. The second-order valence-electron chi connectivity index (χ2n) is 7.31. The van der Waals surface area contributed by atoms with Crippen LogP contribution in [0.2, 0.25) is 0 Å². The molecule has 32 heavy (non-hydrogen) atoms. The Morgan fingerprint density at radius 3 is 2.69 bits per heavy atom. The van der Waals surface area contributed by atoms with Crippen LogP contribution in [0.1, 0.15) is 35.6 Å². The minimum atomic E-state index is -4.15. The van der Waals surface area contributed by atoms with Gasteiger partial charge in [0, 0.05) is 35.0 Å². The van der Waals surface area contributed by atoms with Crippen molar-refractivity contribution in [2.24, 2.45) is 0 Å². The quantitative estimate of drug-likeness (QED) is 0.461. The molecule has 4 aromatic rings. The molecular formula is C22H15F2N5O2S. The Bertz CT molecular complexity index is 1500. The second-order valence-corrected chi connectivity index (χ2v) is 8.94. The SMILES string of the molecule is O=S(=O)(Nc1ccc(F)c(C#Cc2cnc3n[nH]c(C4CC4)c3c2)c1F)c1ccccn1. The lowest BCUT2D eigenvalue weighted by molar-refractivity contribution is 0.577. The van der Waals surface area contributed by atoms with Crippen molar-refractivity contribution < 1.29 is 17.2 Å². The first-order valence-electron chi connectivity index (χ1n) is 9.70. The van der Waals surface area contributed by atoms with E-state index in [4.69, 9.17) is 0 Å². The first-order valence-corrected chi connectivity index (χ1v) is 11.2. The fourth-order valence-electron chi connectivity index (χ4n) is 3.25. The third kappa shape index (κ3) is 3.78. The highest BCUT2D eigenvalue weighted by atomic mass is 32.2. The summed E-state index contributed by atoms with van der Waals surface area (Å²) < 4.78 is 56.2. The van der Waals surface area contributed by atoms with Crippen LogP contribution in [0.4, 0.5) is 14.5 Å². The predicted molar refractivity (Wildman–Crippen MR) is 113 cm³/mol. The Hall–Kier alpha value is -3.84. The molecule has 0 atom stereocenters. The number of aromatic amines is 1. The number of H-pyrrole nitrogens is 1. The van der Waals surface area contributed by atoms with Crippen molar-refractivity contribution in [3.05, 3.63) is 77.2 Å². The summed E-state index contributed by atoms with van der Waals surface area (Å²) in [5.41, 5.74) is 1.01. The van der Waals surface area contributed by atoms with Crippen LogP contribution in [0.15, 0.2) is 53.8 Å². The lowest BCUT2D eigenvalue weighted by atomic mass is 10.1. The number of hydrogen-bond donors (Lipinski definition) is 2. The van der Waals surface area contributed by atoms with E-state index < -0.39 is 32.9 Å². The largest absolute Gasteiger partial charge is 0.279 e. The van der Waals surface area contributed by atoms with Crippen LogP contribution in [-0.4, -0.2) is 28.6 Å². The van der Waals surface area contributed by atoms with E-state index in [-0.39, 0.29) is 5.03 Å². The maximum absolute atomic E-state index is 14.9. The Balaban J connectivity index is 1.48. The maximum Gasteiger partial charge on any atom is 0.279 e. The minimum absolute atomic E-state index is 0.290. The molecule has 0 saturated heterocycles. The molecular weight excluding hydrogens is 436 g/mol. The van der Waals surface area contributed by atoms with Crippen LogP contribution in [0, 0.1) is 23.5 Å². The lowest BCUT2D eigenvalue weighted by Crippen LogP contribution is -2.15. The zero-order valence-corrected chi connectivity index (χ0v) is 17.2. The smallest absolute Gasteiger partial charge is 0.279 e. The molecule has 3 aromatic heterocycles. The Morgan fingerprint density at radius 2 is 1.94 bits per heavy atom. The summed E-state index contributed by atoms with van der Waals surface area (Å²) in [6, 6.07) is 8.02.